The van der Waals surface area contributed by atoms with E-state index in [1.807, 2.05) is 18.2 Å². The molecule has 3 nitrogen and oxygen atoms in total. The first-order valence-electron chi connectivity index (χ1n) is 5.19. The Bertz CT molecular complexity index is 490. The highest BCUT2D eigenvalue weighted by atomic mass is 79.9. The fraction of sp³-hybridized carbons (Fsp3) is 0.167. The van der Waals surface area contributed by atoms with Crippen molar-refractivity contribution < 1.29 is 0 Å². The molecular weight excluding hydrogens is 302 g/mol. The van der Waals surface area contributed by atoms with E-state index >= 15 is 0 Å². The van der Waals surface area contributed by atoms with Crippen LogP contribution in [0.4, 0.5) is 5.82 Å². The number of aromatic nitrogens is 2. The van der Waals surface area contributed by atoms with Crippen LogP contribution >= 0.6 is 27.5 Å². The number of nitrogens with zero attached hydrogens (tertiary/aromatic N) is 2. The van der Waals surface area contributed by atoms with Gasteiger partial charge in [0.1, 0.15) is 5.82 Å². The highest BCUT2D eigenvalue weighted by molar-refractivity contribution is 9.10. The molecule has 0 spiro atoms. The minimum atomic E-state index is 0.622. The summed E-state index contributed by atoms with van der Waals surface area (Å²) in [6, 6.07) is 5.83. The van der Waals surface area contributed by atoms with Crippen molar-refractivity contribution in [3.05, 3.63) is 51.8 Å². The molecule has 0 unspecified atom stereocenters. The lowest BCUT2D eigenvalue weighted by Gasteiger charge is -2.07. The second-order valence-electron chi connectivity index (χ2n) is 3.52. The van der Waals surface area contributed by atoms with Crippen LogP contribution in [0.2, 0.25) is 5.02 Å². The topological polar surface area (TPSA) is 37.8 Å². The maximum Gasteiger partial charge on any atom is 0.140 e. The zero-order valence-electron chi connectivity index (χ0n) is 9.03. The Morgan fingerprint density at radius 2 is 2.06 bits per heavy atom. The molecule has 17 heavy (non-hydrogen) atoms. The molecule has 0 aromatic carbocycles. The molecule has 0 bridgehead atoms. The van der Waals surface area contributed by atoms with Crippen LogP contribution in [-0.4, -0.2) is 16.5 Å². The fourth-order valence-electron chi connectivity index (χ4n) is 1.42. The minimum Gasteiger partial charge on any atom is -0.369 e. The number of halogens is 2. The molecule has 0 saturated carbocycles. The summed E-state index contributed by atoms with van der Waals surface area (Å²) in [5.41, 5.74) is 1.25. The molecule has 0 fully saturated rings. The average Bonchev–Trinajstić information content (AvgIpc) is 2.33. The predicted molar refractivity (Wildman–Crippen MR) is 73.4 cm³/mol. The highest BCUT2D eigenvalue weighted by Crippen LogP contribution is 2.22. The number of hydrogen-bond acceptors (Lipinski definition) is 3. The van der Waals surface area contributed by atoms with Crippen LogP contribution in [0.5, 0.6) is 0 Å². The highest BCUT2D eigenvalue weighted by Gasteiger charge is 2.01. The minimum absolute atomic E-state index is 0.622. The Morgan fingerprint density at radius 1 is 1.29 bits per heavy atom. The third-order valence-corrected chi connectivity index (χ3v) is 3.07. The van der Waals surface area contributed by atoms with E-state index < -0.39 is 0 Å². The average molecular weight is 313 g/mol. The van der Waals surface area contributed by atoms with E-state index in [9.17, 15) is 0 Å². The van der Waals surface area contributed by atoms with E-state index in [1.54, 1.807) is 18.6 Å². The molecule has 2 rings (SSSR count). The summed E-state index contributed by atoms with van der Waals surface area (Å²) in [5.74, 6) is 0.809. The van der Waals surface area contributed by atoms with Gasteiger partial charge in [0.25, 0.3) is 0 Å². The van der Waals surface area contributed by atoms with Gasteiger partial charge >= 0.3 is 0 Å². The second kappa shape index (κ2) is 5.98. The van der Waals surface area contributed by atoms with Crippen LogP contribution in [-0.2, 0) is 6.42 Å². The molecule has 0 aliphatic carbocycles. The molecule has 0 aliphatic heterocycles. The summed E-state index contributed by atoms with van der Waals surface area (Å²) in [6.07, 6.45) is 6.15. The molecule has 0 saturated heterocycles. The Labute approximate surface area is 113 Å². The molecule has 0 aliphatic rings. The van der Waals surface area contributed by atoms with Crippen LogP contribution in [0.1, 0.15) is 5.56 Å². The molecule has 0 amide bonds. The Balaban J connectivity index is 1.90. The first kappa shape index (κ1) is 12.3. The van der Waals surface area contributed by atoms with Gasteiger partial charge in [0.15, 0.2) is 0 Å². The molecular formula is C12H11BrClN3. The lowest BCUT2D eigenvalue weighted by molar-refractivity contribution is 0.998. The number of hydrogen-bond donors (Lipinski definition) is 1. The van der Waals surface area contributed by atoms with E-state index in [1.165, 1.54) is 5.56 Å². The van der Waals surface area contributed by atoms with Crippen LogP contribution in [0.3, 0.4) is 0 Å². The number of pyridine rings is 2. The van der Waals surface area contributed by atoms with Crippen molar-refractivity contribution in [3.63, 3.8) is 0 Å². The SMILES string of the molecule is Clc1cnc(NCCc2ccncc2)c(Br)c1. The second-order valence-corrected chi connectivity index (χ2v) is 4.81. The molecule has 2 aromatic rings. The summed E-state index contributed by atoms with van der Waals surface area (Å²) in [4.78, 5) is 8.19. The maximum absolute atomic E-state index is 5.82. The van der Waals surface area contributed by atoms with E-state index in [4.69, 9.17) is 11.6 Å². The molecule has 88 valence electrons. The Hall–Kier alpha value is -1.13. The number of anilines is 1. The maximum atomic E-state index is 5.82. The van der Waals surface area contributed by atoms with Crippen LogP contribution in [0.15, 0.2) is 41.3 Å². The molecule has 0 radical (unpaired) electrons. The molecule has 0 atom stereocenters. The van der Waals surface area contributed by atoms with Gasteiger partial charge in [-0.3, -0.25) is 4.98 Å². The predicted octanol–water partition coefficient (Wildman–Crippen LogP) is 3.55. The van der Waals surface area contributed by atoms with Crippen LogP contribution < -0.4 is 5.32 Å². The van der Waals surface area contributed by atoms with E-state index in [0.29, 0.717) is 5.02 Å². The van der Waals surface area contributed by atoms with Crippen molar-refractivity contribution >= 4 is 33.3 Å². The van der Waals surface area contributed by atoms with E-state index in [0.717, 1.165) is 23.3 Å². The van der Waals surface area contributed by atoms with Gasteiger partial charge in [-0.25, -0.2) is 4.98 Å². The summed E-state index contributed by atoms with van der Waals surface area (Å²) in [5, 5.41) is 3.87. The zero-order chi connectivity index (χ0) is 12.1. The van der Waals surface area contributed by atoms with Crippen molar-refractivity contribution in [1.82, 2.24) is 9.97 Å². The van der Waals surface area contributed by atoms with Crippen molar-refractivity contribution in [1.29, 1.82) is 0 Å². The van der Waals surface area contributed by atoms with Crippen LogP contribution in [0, 0.1) is 0 Å². The largest absolute Gasteiger partial charge is 0.369 e. The van der Waals surface area contributed by atoms with Crippen molar-refractivity contribution in [3.8, 4) is 0 Å². The third kappa shape index (κ3) is 3.68. The van der Waals surface area contributed by atoms with Gasteiger partial charge in [-0.15, -0.1) is 0 Å². The van der Waals surface area contributed by atoms with Gasteiger partial charge in [0, 0.05) is 25.1 Å². The quantitative estimate of drug-likeness (QED) is 0.938. The van der Waals surface area contributed by atoms with Gasteiger partial charge < -0.3 is 5.32 Å². The van der Waals surface area contributed by atoms with Gasteiger partial charge in [-0.2, -0.15) is 0 Å². The van der Waals surface area contributed by atoms with Crippen LogP contribution in [0.25, 0.3) is 0 Å². The first-order chi connectivity index (χ1) is 8.25. The lowest BCUT2D eigenvalue weighted by Crippen LogP contribution is -2.06. The summed E-state index contributed by atoms with van der Waals surface area (Å²) < 4.78 is 0.875. The van der Waals surface area contributed by atoms with Crippen molar-refractivity contribution in [2.45, 2.75) is 6.42 Å². The molecule has 1 N–H and O–H groups in total. The molecule has 2 heterocycles. The summed E-state index contributed by atoms with van der Waals surface area (Å²) in [7, 11) is 0. The standard InChI is InChI=1S/C12H11BrClN3/c13-11-7-10(14)8-17-12(11)16-6-3-9-1-4-15-5-2-9/h1-2,4-5,7-8H,3,6H2,(H,16,17). The zero-order valence-corrected chi connectivity index (χ0v) is 11.4. The number of nitrogens with one attached hydrogen (secondary N) is 1. The monoisotopic (exact) mass is 311 g/mol. The first-order valence-corrected chi connectivity index (χ1v) is 6.36. The van der Waals surface area contributed by atoms with Gasteiger partial charge in [-0.05, 0) is 46.1 Å². The fourth-order valence-corrected chi connectivity index (χ4v) is 2.20. The van der Waals surface area contributed by atoms with Gasteiger partial charge in [-0.1, -0.05) is 11.6 Å². The van der Waals surface area contributed by atoms with Gasteiger partial charge in [0.2, 0.25) is 0 Å². The Kier molecular flexibility index (Phi) is 4.34. The lowest BCUT2D eigenvalue weighted by atomic mass is 10.2. The number of rotatable bonds is 4. The van der Waals surface area contributed by atoms with E-state index in [-0.39, 0.29) is 0 Å². The molecule has 5 heteroatoms. The van der Waals surface area contributed by atoms with Crippen molar-refractivity contribution in [2.75, 3.05) is 11.9 Å². The summed E-state index contributed by atoms with van der Waals surface area (Å²) in [6.45, 7) is 0.817. The van der Waals surface area contributed by atoms with Crippen molar-refractivity contribution in [2.24, 2.45) is 0 Å². The Morgan fingerprint density at radius 3 is 2.76 bits per heavy atom. The summed E-state index contributed by atoms with van der Waals surface area (Å²) >= 11 is 9.23. The molecule has 2 aromatic heterocycles. The normalized spacial score (nSPS) is 10.2. The van der Waals surface area contributed by atoms with Gasteiger partial charge in [0.05, 0.1) is 9.50 Å². The third-order valence-electron chi connectivity index (χ3n) is 2.26. The van der Waals surface area contributed by atoms with E-state index in [2.05, 4.69) is 31.2 Å². The smallest absolute Gasteiger partial charge is 0.140 e.